The number of benzene rings is 2. The summed E-state index contributed by atoms with van der Waals surface area (Å²) in [6.07, 6.45) is 6.44. The Balaban J connectivity index is 1.38. The van der Waals surface area contributed by atoms with E-state index in [1.165, 1.54) is 5.56 Å². The van der Waals surface area contributed by atoms with E-state index in [1.54, 1.807) is 0 Å². The third kappa shape index (κ3) is 4.75. The predicted octanol–water partition coefficient (Wildman–Crippen LogP) is 5.53. The molecule has 0 spiro atoms. The molecule has 1 fully saturated rings. The van der Waals surface area contributed by atoms with Gasteiger partial charge in [0.2, 0.25) is 0 Å². The number of hydrogen-bond donors (Lipinski definition) is 0. The summed E-state index contributed by atoms with van der Waals surface area (Å²) in [7, 11) is 0. The summed E-state index contributed by atoms with van der Waals surface area (Å²) in [5.74, 6) is 1.14. The summed E-state index contributed by atoms with van der Waals surface area (Å²) in [6.45, 7) is 11.7. The summed E-state index contributed by atoms with van der Waals surface area (Å²) < 4.78 is 2.03. The SMILES string of the molecule is CC(C)(C)c1cc(N2CCN(C/C=C/c3ccccc3)CC2)n2ncc(-c3ccccc3)c2n1. The number of piperazine rings is 1. The zero-order valence-corrected chi connectivity index (χ0v) is 20.4. The van der Waals surface area contributed by atoms with Crippen molar-refractivity contribution in [3.05, 3.63) is 90.3 Å². The van der Waals surface area contributed by atoms with E-state index in [1.807, 2.05) is 16.8 Å². The molecule has 5 heteroatoms. The zero-order valence-electron chi connectivity index (χ0n) is 20.4. The van der Waals surface area contributed by atoms with Crippen molar-refractivity contribution in [3.8, 4) is 11.1 Å². The largest absolute Gasteiger partial charge is 0.354 e. The lowest BCUT2D eigenvalue weighted by Crippen LogP contribution is -2.47. The van der Waals surface area contributed by atoms with E-state index in [0.717, 1.165) is 61.0 Å². The zero-order chi connectivity index (χ0) is 23.5. The second kappa shape index (κ2) is 9.43. The third-order valence-corrected chi connectivity index (χ3v) is 6.48. The Labute approximate surface area is 202 Å². The molecular weight excluding hydrogens is 418 g/mol. The molecule has 0 radical (unpaired) electrons. The predicted molar refractivity (Wildman–Crippen MR) is 141 cm³/mol. The van der Waals surface area contributed by atoms with Crippen LogP contribution in [-0.4, -0.2) is 52.2 Å². The first kappa shape index (κ1) is 22.4. The van der Waals surface area contributed by atoms with Crippen LogP contribution in [0.15, 0.2) is 79.0 Å². The molecule has 0 atom stereocenters. The summed E-state index contributed by atoms with van der Waals surface area (Å²) in [5, 5.41) is 4.78. The molecule has 3 heterocycles. The molecule has 2 aromatic carbocycles. The summed E-state index contributed by atoms with van der Waals surface area (Å²) in [4.78, 5) is 10.0. The van der Waals surface area contributed by atoms with Gasteiger partial charge >= 0.3 is 0 Å². The van der Waals surface area contributed by atoms with E-state index in [4.69, 9.17) is 10.1 Å². The van der Waals surface area contributed by atoms with Crippen molar-refractivity contribution in [2.75, 3.05) is 37.6 Å². The van der Waals surface area contributed by atoms with E-state index in [9.17, 15) is 0 Å². The Bertz CT molecular complexity index is 1260. The summed E-state index contributed by atoms with van der Waals surface area (Å²) >= 11 is 0. The quantitative estimate of drug-likeness (QED) is 0.400. The van der Waals surface area contributed by atoms with Crippen LogP contribution in [0.5, 0.6) is 0 Å². The molecular formula is C29H33N5. The maximum Gasteiger partial charge on any atom is 0.165 e. The van der Waals surface area contributed by atoms with Crippen molar-refractivity contribution in [2.45, 2.75) is 26.2 Å². The molecule has 0 saturated carbocycles. The van der Waals surface area contributed by atoms with Gasteiger partial charge < -0.3 is 4.90 Å². The van der Waals surface area contributed by atoms with Crippen LogP contribution in [0.2, 0.25) is 0 Å². The molecule has 5 rings (SSSR count). The molecule has 1 aliphatic heterocycles. The van der Waals surface area contributed by atoms with Gasteiger partial charge in [-0.2, -0.15) is 9.61 Å². The van der Waals surface area contributed by atoms with Crippen LogP contribution in [0.4, 0.5) is 5.82 Å². The lowest BCUT2D eigenvalue weighted by molar-refractivity contribution is 0.283. The third-order valence-electron chi connectivity index (χ3n) is 6.48. The molecule has 0 amide bonds. The molecule has 0 N–H and O–H groups in total. The monoisotopic (exact) mass is 451 g/mol. The second-order valence-electron chi connectivity index (χ2n) is 10.0. The van der Waals surface area contributed by atoms with Crippen molar-refractivity contribution in [3.63, 3.8) is 0 Å². The van der Waals surface area contributed by atoms with Gasteiger partial charge in [-0.3, -0.25) is 4.90 Å². The van der Waals surface area contributed by atoms with Gasteiger partial charge in [0.25, 0.3) is 0 Å². The van der Waals surface area contributed by atoms with Gasteiger partial charge in [0.1, 0.15) is 5.82 Å². The smallest absolute Gasteiger partial charge is 0.165 e. The Hall–Kier alpha value is -3.44. The van der Waals surface area contributed by atoms with Crippen LogP contribution < -0.4 is 4.90 Å². The topological polar surface area (TPSA) is 36.7 Å². The lowest BCUT2D eigenvalue weighted by atomic mass is 9.91. The molecule has 2 aromatic heterocycles. The molecule has 1 saturated heterocycles. The second-order valence-corrected chi connectivity index (χ2v) is 10.0. The van der Waals surface area contributed by atoms with Crippen molar-refractivity contribution in [1.82, 2.24) is 19.5 Å². The standard InChI is InChI=1S/C29H33N5/c1-29(2,3)26-21-27(34-28(31-26)25(22-30-34)24-14-8-5-9-15-24)33-19-17-32(18-20-33)16-10-13-23-11-6-4-7-12-23/h4-15,21-22H,16-20H2,1-3H3/b13-10+. The number of nitrogens with zero attached hydrogens (tertiary/aromatic N) is 5. The van der Waals surface area contributed by atoms with Gasteiger partial charge in [0.15, 0.2) is 5.65 Å². The number of anilines is 1. The fourth-order valence-corrected chi connectivity index (χ4v) is 4.44. The molecule has 0 bridgehead atoms. The van der Waals surface area contributed by atoms with Crippen LogP contribution in [0.1, 0.15) is 32.0 Å². The van der Waals surface area contributed by atoms with E-state index in [2.05, 4.69) is 103 Å². The van der Waals surface area contributed by atoms with Crippen LogP contribution in [0, 0.1) is 0 Å². The highest BCUT2D eigenvalue weighted by molar-refractivity contribution is 5.78. The van der Waals surface area contributed by atoms with Gasteiger partial charge in [-0.1, -0.05) is 93.6 Å². The van der Waals surface area contributed by atoms with Gasteiger partial charge in [0, 0.05) is 49.8 Å². The highest BCUT2D eigenvalue weighted by Gasteiger charge is 2.25. The lowest BCUT2D eigenvalue weighted by Gasteiger charge is -2.36. The molecule has 0 aliphatic carbocycles. The molecule has 1 aliphatic rings. The Morgan fingerprint density at radius 1 is 0.882 bits per heavy atom. The number of rotatable bonds is 5. The van der Waals surface area contributed by atoms with Crippen LogP contribution >= 0.6 is 0 Å². The van der Waals surface area contributed by atoms with Crippen molar-refractivity contribution in [1.29, 1.82) is 0 Å². The van der Waals surface area contributed by atoms with E-state index in [0.29, 0.717) is 0 Å². The Morgan fingerprint density at radius 2 is 1.56 bits per heavy atom. The van der Waals surface area contributed by atoms with Crippen molar-refractivity contribution >= 4 is 17.5 Å². The van der Waals surface area contributed by atoms with Crippen LogP contribution in [0.25, 0.3) is 22.9 Å². The highest BCUT2D eigenvalue weighted by Crippen LogP contribution is 2.31. The Kier molecular flexibility index (Phi) is 6.20. The van der Waals surface area contributed by atoms with Crippen LogP contribution in [-0.2, 0) is 5.41 Å². The van der Waals surface area contributed by atoms with E-state index < -0.39 is 0 Å². The first-order chi connectivity index (χ1) is 16.5. The Morgan fingerprint density at radius 3 is 2.24 bits per heavy atom. The average Bonchev–Trinajstić information content (AvgIpc) is 3.29. The molecule has 0 unspecified atom stereocenters. The molecule has 34 heavy (non-hydrogen) atoms. The number of aromatic nitrogens is 3. The fourth-order valence-electron chi connectivity index (χ4n) is 4.44. The summed E-state index contributed by atoms with van der Waals surface area (Å²) in [5.41, 5.74) is 5.47. The highest BCUT2D eigenvalue weighted by atomic mass is 15.4. The maximum absolute atomic E-state index is 5.08. The van der Waals surface area contributed by atoms with E-state index >= 15 is 0 Å². The van der Waals surface area contributed by atoms with Gasteiger partial charge in [-0.25, -0.2) is 4.98 Å². The van der Waals surface area contributed by atoms with Crippen molar-refractivity contribution in [2.24, 2.45) is 0 Å². The summed E-state index contributed by atoms with van der Waals surface area (Å²) in [6, 6.07) is 23.2. The molecule has 5 nitrogen and oxygen atoms in total. The van der Waals surface area contributed by atoms with Crippen molar-refractivity contribution < 1.29 is 0 Å². The minimum Gasteiger partial charge on any atom is -0.354 e. The minimum absolute atomic E-state index is 0.0429. The maximum atomic E-state index is 5.08. The first-order valence-corrected chi connectivity index (χ1v) is 12.1. The normalized spacial score (nSPS) is 15.4. The first-order valence-electron chi connectivity index (χ1n) is 12.1. The average molecular weight is 452 g/mol. The van der Waals surface area contributed by atoms with Gasteiger partial charge in [0.05, 0.1) is 11.9 Å². The van der Waals surface area contributed by atoms with Gasteiger partial charge in [-0.05, 0) is 11.1 Å². The number of fused-ring (bicyclic) bond motifs is 1. The minimum atomic E-state index is -0.0429. The number of hydrogen-bond acceptors (Lipinski definition) is 4. The van der Waals surface area contributed by atoms with E-state index in [-0.39, 0.29) is 5.41 Å². The molecule has 174 valence electrons. The van der Waals surface area contributed by atoms with Crippen LogP contribution in [0.3, 0.4) is 0 Å². The van der Waals surface area contributed by atoms with Gasteiger partial charge in [-0.15, -0.1) is 0 Å². The fraction of sp³-hybridized carbons (Fsp3) is 0.310. The molecule has 4 aromatic rings.